The van der Waals surface area contributed by atoms with E-state index < -0.39 is 10.0 Å². The number of sulfonamides is 1. The summed E-state index contributed by atoms with van der Waals surface area (Å²) in [6.07, 6.45) is 1.57. The molecule has 0 aliphatic heterocycles. The lowest BCUT2D eigenvalue weighted by molar-refractivity contribution is 0.337. The van der Waals surface area contributed by atoms with Crippen molar-refractivity contribution in [2.45, 2.75) is 25.3 Å². The highest BCUT2D eigenvalue weighted by atomic mass is 32.2. The van der Waals surface area contributed by atoms with Gasteiger partial charge in [-0.3, -0.25) is 5.10 Å². The van der Waals surface area contributed by atoms with Gasteiger partial charge < -0.3 is 4.74 Å². The Morgan fingerprint density at radius 3 is 2.75 bits per heavy atom. The Hall–Kier alpha value is -1.86. The monoisotopic (exact) mass is 295 g/mol. The van der Waals surface area contributed by atoms with E-state index in [9.17, 15) is 8.42 Å². The molecule has 2 rings (SSSR count). The third kappa shape index (κ3) is 3.37. The number of ether oxygens (including phenoxy) is 1. The van der Waals surface area contributed by atoms with Gasteiger partial charge in [0, 0.05) is 6.20 Å². The van der Waals surface area contributed by atoms with E-state index >= 15 is 0 Å². The van der Waals surface area contributed by atoms with Crippen molar-refractivity contribution < 1.29 is 13.2 Å². The van der Waals surface area contributed by atoms with Gasteiger partial charge in [0.25, 0.3) is 0 Å². The van der Waals surface area contributed by atoms with Crippen LogP contribution < -0.4 is 9.46 Å². The molecule has 0 saturated heterocycles. The van der Waals surface area contributed by atoms with Gasteiger partial charge in [-0.25, -0.2) is 13.1 Å². The summed E-state index contributed by atoms with van der Waals surface area (Å²) in [5, 5.41) is 6.47. The third-order valence-corrected chi connectivity index (χ3v) is 4.17. The Bertz CT molecular complexity index is 666. The molecule has 0 bridgehead atoms. The van der Waals surface area contributed by atoms with Crippen LogP contribution in [-0.4, -0.2) is 25.2 Å². The van der Waals surface area contributed by atoms with Gasteiger partial charge in [-0.05, 0) is 43.7 Å². The van der Waals surface area contributed by atoms with Crippen molar-refractivity contribution in [2.24, 2.45) is 0 Å². The molecule has 0 atom stereocenters. The summed E-state index contributed by atoms with van der Waals surface area (Å²) >= 11 is 0. The molecule has 7 heteroatoms. The molecule has 108 valence electrons. The van der Waals surface area contributed by atoms with Crippen molar-refractivity contribution in [3.63, 3.8) is 0 Å². The summed E-state index contributed by atoms with van der Waals surface area (Å²) in [7, 11) is -3.54. The van der Waals surface area contributed by atoms with Crippen molar-refractivity contribution in [2.75, 3.05) is 6.61 Å². The molecule has 0 fully saturated rings. The number of rotatable bonds is 6. The summed E-state index contributed by atoms with van der Waals surface area (Å²) in [4.78, 5) is 0.220. The maximum Gasteiger partial charge on any atom is 0.240 e. The molecule has 0 spiro atoms. The topological polar surface area (TPSA) is 84.1 Å². The molecule has 0 aliphatic rings. The van der Waals surface area contributed by atoms with Gasteiger partial charge in [0.2, 0.25) is 10.0 Å². The van der Waals surface area contributed by atoms with Crippen molar-refractivity contribution >= 4 is 10.0 Å². The van der Waals surface area contributed by atoms with E-state index in [0.29, 0.717) is 18.1 Å². The summed E-state index contributed by atoms with van der Waals surface area (Å²) < 4.78 is 32.2. The fourth-order valence-electron chi connectivity index (χ4n) is 1.75. The van der Waals surface area contributed by atoms with E-state index in [1.165, 1.54) is 6.07 Å². The first-order valence-corrected chi connectivity index (χ1v) is 7.72. The van der Waals surface area contributed by atoms with Crippen LogP contribution >= 0.6 is 0 Å². The summed E-state index contributed by atoms with van der Waals surface area (Å²) in [5.74, 6) is 0.694. The van der Waals surface area contributed by atoms with Gasteiger partial charge in [0.1, 0.15) is 5.75 Å². The molecule has 0 saturated carbocycles. The molecule has 20 heavy (non-hydrogen) atoms. The largest absolute Gasteiger partial charge is 0.494 e. The lowest BCUT2D eigenvalue weighted by Gasteiger charge is -2.10. The Morgan fingerprint density at radius 1 is 1.35 bits per heavy atom. The number of nitrogens with one attached hydrogen (secondary N) is 2. The van der Waals surface area contributed by atoms with Gasteiger partial charge in [0.15, 0.2) is 0 Å². The zero-order valence-electron chi connectivity index (χ0n) is 11.4. The second-order valence-corrected chi connectivity index (χ2v) is 6.03. The highest BCUT2D eigenvalue weighted by molar-refractivity contribution is 7.89. The highest BCUT2D eigenvalue weighted by Gasteiger charge is 2.15. The average molecular weight is 295 g/mol. The van der Waals surface area contributed by atoms with E-state index in [1.54, 1.807) is 24.4 Å². The van der Waals surface area contributed by atoms with E-state index in [4.69, 9.17) is 4.74 Å². The maximum atomic E-state index is 12.2. The zero-order chi connectivity index (χ0) is 14.6. The Kier molecular flexibility index (Phi) is 4.41. The quantitative estimate of drug-likeness (QED) is 0.847. The van der Waals surface area contributed by atoms with Crippen LogP contribution in [0.2, 0.25) is 0 Å². The van der Waals surface area contributed by atoms with Crippen LogP contribution in [-0.2, 0) is 16.6 Å². The van der Waals surface area contributed by atoms with Crippen molar-refractivity contribution in [1.82, 2.24) is 14.9 Å². The van der Waals surface area contributed by atoms with Crippen molar-refractivity contribution in [1.29, 1.82) is 0 Å². The normalized spacial score (nSPS) is 11.5. The van der Waals surface area contributed by atoms with E-state index in [2.05, 4.69) is 14.9 Å². The van der Waals surface area contributed by atoms with Crippen LogP contribution in [0.4, 0.5) is 0 Å². The maximum absolute atomic E-state index is 12.2. The molecular weight excluding hydrogens is 278 g/mol. The number of aromatic nitrogens is 2. The summed E-state index contributed by atoms with van der Waals surface area (Å²) in [6, 6.07) is 6.52. The first kappa shape index (κ1) is 14.5. The van der Waals surface area contributed by atoms with Gasteiger partial charge in [0.05, 0.1) is 23.7 Å². The number of hydrogen-bond donors (Lipinski definition) is 2. The van der Waals surface area contributed by atoms with Crippen LogP contribution in [0.3, 0.4) is 0 Å². The van der Waals surface area contributed by atoms with Gasteiger partial charge in [-0.15, -0.1) is 0 Å². The second-order valence-electron chi connectivity index (χ2n) is 4.27. The molecule has 6 nitrogen and oxygen atoms in total. The predicted octanol–water partition coefficient (Wildman–Crippen LogP) is 1.60. The SMILES string of the molecule is CCOc1ccc(S(=O)(=O)NCc2ccn[nH]2)cc1C. The zero-order valence-corrected chi connectivity index (χ0v) is 12.2. The first-order chi connectivity index (χ1) is 9.53. The summed E-state index contributed by atoms with van der Waals surface area (Å²) in [6.45, 7) is 4.43. The van der Waals surface area contributed by atoms with E-state index in [0.717, 1.165) is 5.56 Å². The minimum absolute atomic E-state index is 0.175. The molecule has 1 aromatic heterocycles. The van der Waals surface area contributed by atoms with Crippen LogP contribution in [0.1, 0.15) is 18.2 Å². The van der Waals surface area contributed by atoms with Crippen LogP contribution in [0.15, 0.2) is 35.4 Å². The van der Waals surface area contributed by atoms with Gasteiger partial charge in [-0.1, -0.05) is 0 Å². The average Bonchev–Trinajstić information content (AvgIpc) is 2.92. The number of aryl methyl sites for hydroxylation is 1. The predicted molar refractivity (Wildman–Crippen MR) is 75.0 cm³/mol. The fourth-order valence-corrected chi connectivity index (χ4v) is 2.84. The minimum atomic E-state index is -3.54. The Labute approximate surface area is 118 Å². The minimum Gasteiger partial charge on any atom is -0.494 e. The number of hydrogen-bond acceptors (Lipinski definition) is 4. The molecule has 2 N–H and O–H groups in total. The molecule has 0 aliphatic carbocycles. The second kappa shape index (κ2) is 6.06. The smallest absolute Gasteiger partial charge is 0.240 e. The number of benzene rings is 1. The molecule has 1 heterocycles. The molecule has 1 aromatic carbocycles. The van der Waals surface area contributed by atoms with Crippen molar-refractivity contribution in [3.8, 4) is 5.75 Å². The van der Waals surface area contributed by atoms with Crippen LogP contribution in [0.5, 0.6) is 5.75 Å². The molecule has 2 aromatic rings. The first-order valence-electron chi connectivity index (χ1n) is 6.24. The lowest BCUT2D eigenvalue weighted by atomic mass is 10.2. The summed E-state index contributed by atoms with van der Waals surface area (Å²) in [5.41, 5.74) is 1.49. The Balaban J connectivity index is 2.14. The van der Waals surface area contributed by atoms with Crippen LogP contribution in [0, 0.1) is 6.92 Å². The number of nitrogens with zero attached hydrogens (tertiary/aromatic N) is 1. The number of H-pyrrole nitrogens is 1. The molecule has 0 unspecified atom stereocenters. The van der Waals surface area contributed by atoms with E-state index in [-0.39, 0.29) is 11.4 Å². The van der Waals surface area contributed by atoms with Crippen molar-refractivity contribution in [3.05, 3.63) is 41.7 Å². The molecule has 0 amide bonds. The Morgan fingerprint density at radius 2 is 2.15 bits per heavy atom. The van der Waals surface area contributed by atoms with Gasteiger partial charge in [-0.2, -0.15) is 5.10 Å². The van der Waals surface area contributed by atoms with E-state index in [1.807, 2.05) is 13.8 Å². The standard InChI is InChI=1S/C13H17N3O3S/c1-3-19-13-5-4-12(8-10(13)2)20(17,18)15-9-11-6-7-14-16-11/h4-8,15H,3,9H2,1-2H3,(H,14,16). The molecular formula is C13H17N3O3S. The fraction of sp³-hybridized carbons (Fsp3) is 0.308. The highest BCUT2D eigenvalue weighted by Crippen LogP contribution is 2.21. The third-order valence-electron chi connectivity index (χ3n) is 2.77. The lowest BCUT2D eigenvalue weighted by Crippen LogP contribution is -2.23. The molecule has 0 radical (unpaired) electrons. The van der Waals surface area contributed by atoms with Crippen LogP contribution in [0.25, 0.3) is 0 Å². The number of aromatic amines is 1. The van der Waals surface area contributed by atoms with Gasteiger partial charge >= 0.3 is 0 Å².